The number of halogens is 2. The summed E-state index contributed by atoms with van der Waals surface area (Å²) in [6.45, 7) is -0.396. The maximum Gasteiger partial charge on any atom is 0.141 e. The fraction of sp³-hybridized carbons (Fsp3) is 0.0769. The summed E-state index contributed by atoms with van der Waals surface area (Å²) < 4.78 is 19.7. The third-order valence-electron chi connectivity index (χ3n) is 2.29. The summed E-state index contributed by atoms with van der Waals surface area (Å²) in [7, 11) is 0. The second-order valence-corrected chi connectivity index (χ2v) is 4.26. The largest absolute Gasteiger partial charge is 0.456 e. The van der Waals surface area contributed by atoms with E-state index in [1.54, 1.807) is 18.2 Å². The van der Waals surface area contributed by atoms with E-state index < -0.39 is 12.4 Å². The first-order valence-corrected chi connectivity index (χ1v) is 5.82. The lowest BCUT2D eigenvalue weighted by Crippen LogP contribution is -1.95. The average molecular weight is 297 g/mol. The van der Waals surface area contributed by atoms with Gasteiger partial charge in [0.25, 0.3) is 0 Å². The zero-order chi connectivity index (χ0) is 12.3. The minimum atomic E-state index is -0.475. The zero-order valence-electron chi connectivity index (χ0n) is 8.86. The third kappa shape index (κ3) is 2.65. The first-order valence-electron chi connectivity index (χ1n) is 5.03. The third-order valence-corrected chi connectivity index (χ3v) is 2.95. The molecular weight excluding hydrogens is 287 g/mol. The maximum absolute atomic E-state index is 13.4. The van der Waals surface area contributed by atoms with Crippen molar-refractivity contribution in [2.24, 2.45) is 0 Å². The van der Waals surface area contributed by atoms with Crippen molar-refractivity contribution in [2.45, 2.75) is 6.61 Å². The Hall–Kier alpha value is -1.39. The number of aliphatic hydroxyl groups is 1. The van der Waals surface area contributed by atoms with E-state index in [-0.39, 0.29) is 5.56 Å². The van der Waals surface area contributed by atoms with Gasteiger partial charge in [-0.3, -0.25) is 0 Å². The van der Waals surface area contributed by atoms with E-state index >= 15 is 0 Å². The van der Waals surface area contributed by atoms with Crippen LogP contribution >= 0.6 is 15.9 Å². The lowest BCUT2D eigenvalue weighted by Gasteiger charge is -2.11. The fourth-order valence-electron chi connectivity index (χ4n) is 1.43. The van der Waals surface area contributed by atoms with Gasteiger partial charge < -0.3 is 9.84 Å². The molecule has 88 valence electrons. The summed E-state index contributed by atoms with van der Waals surface area (Å²) in [6, 6.07) is 11.7. The predicted octanol–water partition coefficient (Wildman–Crippen LogP) is 3.87. The molecule has 2 rings (SSSR count). The minimum Gasteiger partial charge on any atom is -0.456 e. The molecule has 0 aliphatic carbocycles. The molecule has 0 fully saturated rings. The van der Waals surface area contributed by atoms with E-state index in [1.165, 1.54) is 6.07 Å². The van der Waals surface area contributed by atoms with Crippen molar-refractivity contribution in [3.8, 4) is 11.5 Å². The van der Waals surface area contributed by atoms with Crippen molar-refractivity contribution in [1.29, 1.82) is 0 Å². The minimum absolute atomic E-state index is 0.156. The van der Waals surface area contributed by atoms with Crippen LogP contribution in [0.1, 0.15) is 5.56 Å². The molecule has 0 unspecified atom stereocenters. The van der Waals surface area contributed by atoms with Crippen LogP contribution in [0.5, 0.6) is 11.5 Å². The molecule has 17 heavy (non-hydrogen) atoms. The van der Waals surface area contributed by atoms with Crippen molar-refractivity contribution >= 4 is 15.9 Å². The number of ether oxygens (including phenoxy) is 1. The number of hydrogen-bond donors (Lipinski definition) is 1. The molecule has 0 saturated carbocycles. The van der Waals surface area contributed by atoms with Crippen molar-refractivity contribution in [3.05, 3.63) is 58.3 Å². The van der Waals surface area contributed by atoms with Gasteiger partial charge in [-0.1, -0.05) is 18.2 Å². The molecule has 2 aromatic rings. The van der Waals surface area contributed by atoms with Gasteiger partial charge in [-0.25, -0.2) is 4.39 Å². The average Bonchev–Trinajstić information content (AvgIpc) is 2.32. The summed E-state index contributed by atoms with van der Waals surface area (Å²) in [6.07, 6.45) is 0. The van der Waals surface area contributed by atoms with E-state index in [0.717, 1.165) is 4.47 Å². The van der Waals surface area contributed by atoms with Crippen molar-refractivity contribution in [3.63, 3.8) is 0 Å². The Morgan fingerprint density at radius 2 is 1.76 bits per heavy atom. The Kier molecular flexibility index (Phi) is 3.76. The number of rotatable bonds is 3. The van der Waals surface area contributed by atoms with Gasteiger partial charge in [-0.2, -0.15) is 0 Å². The Labute approximate surface area is 107 Å². The molecule has 4 heteroatoms. The Balaban J connectivity index is 2.37. The topological polar surface area (TPSA) is 29.5 Å². The van der Waals surface area contributed by atoms with E-state index in [1.807, 2.05) is 18.2 Å². The summed E-state index contributed by atoms with van der Waals surface area (Å²) >= 11 is 3.34. The first-order chi connectivity index (χ1) is 8.22. The molecule has 0 heterocycles. The molecule has 0 bridgehead atoms. The maximum atomic E-state index is 13.4. The van der Waals surface area contributed by atoms with Crippen LogP contribution in [0.3, 0.4) is 0 Å². The standard InChI is InChI=1S/C13H10BrFO2/c14-10-4-1-2-6-13(10)17-12-7-3-5-11(15)9(12)8-16/h1-7,16H,8H2. The molecular formula is C13H10BrFO2. The van der Waals surface area contributed by atoms with Gasteiger partial charge in [-0.15, -0.1) is 0 Å². The van der Waals surface area contributed by atoms with Crippen LogP contribution in [0.2, 0.25) is 0 Å². The molecule has 2 aromatic carbocycles. The van der Waals surface area contributed by atoms with E-state index in [2.05, 4.69) is 15.9 Å². The SMILES string of the molecule is OCc1c(F)cccc1Oc1ccccc1Br. The van der Waals surface area contributed by atoms with Crippen LogP contribution in [-0.2, 0) is 6.61 Å². The Morgan fingerprint density at radius 3 is 2.47 bits per heavy atom. The highest BCUT2D eigenvalue weighted by molar-refractivity contribution is 9.10. The number of para-hydroxylation sites is 1. The van der Waals surface area contributed by atoms with Crippen LogP contribution in [0.4, 0.5) is 4.39 Å². The second kappa shape index (κ2) is 5.29. The summed E-state index contributed by atoms with van der Waals surface area (Å²) in [5.41, 5.74) is 0.156. The normalized spacial score (nSPS) is 10.3. The van der Waals surface area contributed by atoms with Gasteiger partial charge in [-0.05, 0) is 40.2 Å². The first kappa shape index (κ1) is 12.1. The van der Waals surface area contributed by atoms with Gasteiger partial charge in [0.05, 0.1) is 16.6 Å². The molecule has 0 aromatic heterocycles. The molecule has 0 radical (unpaired) electrons. The summed E-state index contributed by atoms with van der Waals surface area (Å²) in [4.78, 5) is 0. The van der Waals surface area contributed by atoms with Crippen molar-refractivity contribution in [2.75, 3.05) is 0 Å². The predicted molar refractivity (Wildman–Crippen MR) is 66.5 cm³/mol. The smallest absolute Gasteiger partial charge is 0.141 e. The molecule has 0 aliphatic heterocycles. The monoisotopic (exact) mass is 296 g/mol. The molecule has 0 saturated heterocycles. The highest BCUT2D eigenvalue weighted by atomic mass is 79.9. The second-order valence-electron chi connectivity index (χ2n) is 3.41. The molecule has 0 atom stereocenters. The van der Waals surface area contributed by atoms with Crippen molar-refractivity contribution < 1.29 is 14.2 Å². The van der Waals surface area contributed by atoms with Gasteiger partial charge in [0.2, 0.25) is 0 Å². The number of hydrogen-bond acceptors (Lipinski definition) is 2. The summed E-state index contributed by atoms with van der Waals surface area (Å²) in [5, 5.41) is 9.11. The van der Waals surface area contributed by atoms with E-state index in [4.69, 9.17) is 9.84 Å². The van der Waals surface area contributed by atoms with E-state index in [0.29, 0.717) is 11.5 Å². The lowest BCUT2D eigenvalue weighted by atomic mass is 10.2. The van der Waals surface area contributed by atoms with Gasteiger partial charge in [0.15, 0.2) is 0 Å². The quantitative estimate of drug-likeness (QED) is 0.931. The Morgan fingerprint density at radius 1 is 1.06 bits per heavy atom. The highest BCUT2D eigenvalue weighted by Gasteiger charge is 2.10. The number of benzene rings is 2. The molecule has 0 amide bonds. The van der Waals surface area contributed by atoms with Crippen LogP contribution in [0, 0.1) is 5.82 Å². The Bertz CT molecular complexity index is 529. The highest BCUT2D eigenvalue weighted by Crippen LogP contribution is 2.32. The van der Waals surface area contributed by atoms with Crippen LogP contribution in [0.15, 0.2) is 46.9 Å². The molecule has 0 spiro atoms. The van der Waals surface area contributed by atoms with Crippen molar-refractivity contribution in [1.82, 2.24) is 0 Å². The zero-order valence-corrected chi connectivity index (χ0v) is 10.4. The summed E-state index contributed by atoms with van der Waals surface area (Å²) in [5.74, 6) is 0.421. The van der Waals surface area contributed by atoms with Crippen LogP contribution in [0.25, 0.3) is 0 Å². The van der Waals surface area contributed by atoms with Crippen LogP contribution in [-0.4, -0.2) is 5.11 Å². The van der Waals surface area contributed by atoms with Gasteiger partial charge >= 0.3 is 0 Å². The van der Waals surface area contributed by atoms with Gasteiger partial charge in [0, 0.05) is 0 Å². The molecule has 2 nitrogen and oxygen atoms in total. The molecule has 0 aliphatic rings. The van der Waals surface area contributed by atoms with Gasteiger partial charge in [0.1, 0.15) is 17.3 Å². The molecule has 1 N–H and O–H groups in total. The lowest BCUT2D eigenvalue weighted by molar-refractivity contribution is 0.270. The number of aliphatic hydroxyl groups excluding tert-OH is 1. The van der Waals surface area contributed by atoms with Crippen LogP contribution < -0.4 is 4.74 Å². The fourth-order valence-corrected chi connectivity index (χ4v) is 1.80. The van der Waals surface area contributed by atoms with E-state index in [9.17, 15) is 4.39 Å².